The molecule has 4 heteroatoms. The third kappa shape index (κ3) is 2.19. The highest BCUT2D eigenvalue weighted by atomic mass is 16.2. The lowest BCUT2D eigenvalue weighted by Crippen LogP contribution is -2.52. The van der Waals surface area contributed by atoms with Crippen molar-refractivity contribution in [2.24, 2.45) is 0 Å². The first-order valence-electron chi connectivity index (χ1n) is 7.29. The molecular formula is C16H20N2O2. The third-order valence-electron chi connectivity index (χ3n) is 4.29. The van der Waals surface area contributed by atoms with Gasteiger partial charge in [0.15, 0.2) is 0 Å². The van der Waals surface area contributed by atoms with E-state index in [0.29, 0.717) is 18.8 Å². The van der Waals surface area contributed by atoms with E-state index in [9.17, 15) is 9.59 Å². The lowest BCUT2D eigenvalue weighted by atomic mass is 9.99. The Morgan fingerprint density at radius 3 is 2.75 bits per heavy atom. The van der Waals surface area contributed by atoms with Gasteiger partial charge in [0.2, 0.25) is 11.8 Å². The molecule has 0 aliphatic carbocycles. The quantitative estimate of drug-likeness (QED) is 0.838. The lowest BCUT2D eigenvalue weighted by molar-refractivity contribution is -0.134. The monoisotopic (exact) mass is 272 g/mol. The molecule has 1 unspecified atom stereocenters. The van der Waals surface area contributed by atoms with Crippen molar-refractivity contribution < 1.29 is 9.59 Å². The summed E-state index contributed by atoms with van der Waals surface area (Å²) in [4.78, 5) is 25.5. The van der Waals surface area contributed by atoms with Gasteiger partial charge in [-0.3, -0.25) is 14.9 Å². The van der Waals surface area contributed by atoms with Gasteiger partial charge in [-0.15, -0.1) is 0 Å². The fraction of sp³-hybridized carbons (Fsp3) is 0.500. The van der Waals surface area contributed by atoms with Crippen LogP contribution in [0.1, 0.15) is 43.7 Å². The van der Waals surface area contributed by atoms with Crippen molar-refractivity contribution in [3.05, 3.63) is 29.3 Å². The molecule has 0 aromatic heterocycles. The molecule has 2 aliphatic heterocycles. The van der Waals surface area contributed by atoms with E-state index in [4.69, 9.17) is 0 Å². The molecule has 1 saturated heterocycles. The Hall–Kier alpha value is -1.84. The minimum Gasteiger partial charge on any atom is -0.359 e. The fourth-order valence-corrected chi connectivity index (χ4v) is 3.08. The van der Waals surface area contributed by atoms with Crippen LogP contribution in [-0.4, -0.2) is 24.4 Å². The maximum Gasteiger partial charge on any atom is 0.249 e. The van der Waals surface area contributed by atoms with Gasteiger partial charge in [0, 0.05) is 18.7 Å². The first kappa shape index (κ1) is 13.2. The summed E-state index contributed by atoms with van der Waals surface area (Å²) in [5.74, 6) is 0.176. The van der Waals surface area contributed by atoms with Gasteiger partial charge in [0.25, 0.3) is 0 Å². The molecule has 106 valence electrons. The summed E-state index contributed by atoms with van der Waals surface area (Å²) in [6, 6.07) is 6.36. The zero-order valence-corrected chi connectivity index (χ0v) is 12.0. The smallest absolute Gasteiger partial charge is 0.249 e. The Morgan fingerprint density at radius 1 is 1.25 bits per heavy atom. The molecule has 1 N–H and O–H groups in total. The molecule has 1 aromatic carbocycles. The minimum absolute atomic E-state index is 0.149. The van der Waals surface area contributed by atoms with E-state index in [1.165, 1.54) is 16.8 Å². The second-order valence-corrected chi connectivity index (χ2v) is 5.95. The predicted octanol–water partition coefficient (Wildman–Crippen LogP) is 1.98. The zero-order valence-electron chi connectivity index (χ0n) is 12.0. The molecule has 2 amide bonds. The SMILES string of the molecule is CC(C)c1ccc2c(c1)N(C1CCC(=O)NC1=O)CC2. The molecule has 2 aliphatic rings. The highest BCUT2D eigenvalue weighted by Crippen LogP contribution is 2.34. The van der Waals surface area contributed by atoms with Crippen LogP contribution in [0.15, 0.2) is 18.2 Å². The number of carbonyl (C=O) groups excluding carboxylic acids is 2. The topological polar surface area (TPSA) is 49.4 Å². The second-order valence-electron chi connectivity index (χ2n) is 5.95. The second kappa shape index (κ2) is 4.93. The van der Waals surface area contributed by atoms with Crippen LogP contribution in [0.4, 0.5) is 5.69 Å². The number of hydrogen-bond acceptors (Lipinski definition) is 3. The Bertz CT molecular complexity index is 566. The van der Waals surface area contributed by atoms with Crippen molar-refractivity contribution in [2.75, 3.05) is 11.4 Å². The summed E-state index contributed by atoms with van der Waals surface area (Å²) in [6.45, 7) is 5.21. The molecule has 1 fully saturated rings. The van der Waals surface area contributed by atoms with Gasteiger partial charge >= 0.3 is 0 Å². The number of hydrogen-bond donors (Lipinski definition) is 1. The van der Waals surface area contributed by atoms with E-state index < -0.39 is 0 Å². The summed E-state index contributed by atoms with van der Waals surface area (Å²) < 4.78 is 0. The van der Waals surface area contributed by atoms with Gasteiger partial charge in [-0.05, 0) is 36.0 Å². The zero-order chi connectivity index (χ0) is 14.3. The number of carbonyl (C=O) groups is 2. The number of imide groups is 1. The minimum atomic E-state index is -0.198. The standard InChI is InChI=1S/C16H20N2O2/c1-10(2)12-4-3-11-7-8-18(14(11)9-12)13-5-6-15(19)17-16(13)20/h3-4,9-10,13H,5-8H2,1-2H3,(H,17,19,20). The normalized spacial score (nSPS) is 22.1. The Morgan fingerprint density at radius 2 is 2.05 bits per heavy atom. The van der Waals surface area contributed by atoms with Crippen molar-refractivity contribution in [1.29, 1.82) is 0 Å². The first-order chi connectivity index (χ1) is 9.56. The van der Waals surface area contributed by atoms with Gasteiger partial charge in [-0.25, -0.2) is 0 Å². The molecule has 2 heterocycles. The molecule has 0 saturated carbocycles. The van der Waals surface area contributed by atoms with Gasteiger partial charge in [0.05, 0.1) is 0 Å². The number of fused-ring (bicyclic) bond motifs is 1. The van der Waals surface area contributed by atoms with Gasteiger partial charge < -0.3 is 4.90 Å². The van der Waals surface area contributed by atoms with Crippen LogP contribution in [0.5, 0.6) is 0 Å². The highest BCUT2D eigenvalue weighted by Gasteiger charge is 2.35. The van der Waals surface area contributed by atoms with E-state index in [1.807, 2.05) is 0 Å². The molecule has 20 heavy (non-hydrogen) atoms. The van der Waals surface area contributed by atoms with Crippen LogP contribution in [-0.2, 0) is 16.0 Å². The largest absolute Gasteiger partial charge is 0.359 e. The Labute approximate surface area is 119 Å². The van der Waals surface area contributed by atoms with Crippen LogP contribution in [0, 0.1) is 0 Å². The van der Waals surface area contributed by atoms with Crippen molar-refractivity contribution >= 4 is 17.5 Å². The van der Waals surface area contributed by atoms with Crippen molar-refractivity contribution in [3.63, 3.8) is 0 Å². The number of nitrogens with one attached hydrogen (secondary N) is 1. The van der Waals surface area contributed by atoms with Crippen LogP contribution in [0.2, 0.25) is 0 Å². The van der Waals surface area contributed by atoms with Gasteiger partial charge in [-0.2, -0.15) is 0 Å². The van der Waals surface area contributed by atoms with Crippen LogP contribution in [0.3, 0.4) is 0 Å². The summed E-state index contributed by atoms with van der Waals surface area (Å²) >= 11 is 0. The maximum atomic E-state index is 12.0. The maximum absolute atomic E-state index is 12.0. The molecule has 1 aromatic rings. The molecule has 0 spiro atoms. The third-order valence-corrected chi connectivity index (χ3v) is 4.29. The molecule has 1 atom stereocenters. The Balaban J connectivity index is 1.90. The number of piperidine rings is 1. The highest BCUT2D eigenvalue weighted by molar-refractivity contribution is 6.01. The Kier molecular flexibility index (Phi) is 3.24. The average molecular weight is 272 g/mol. The fourth-order valence-electron chi connectivity index (χ4n) is 3.08. The van der Waals surface area contributed by atoms with Gasteiger partial charge in [-0.1, -0.05) is 26.0 Å². The lowest BCUT2D eigenvalue weighted by Gasteiger charge is -2.32. The summed E-state index contributed by atoms with van der Waals surface area (Å²) in [5, 5.41) is 2.45. The molecular weight excluding hydrogens is 252 g/mol. The van der Waals surface area contributed by atoms with E-state index in [1.54, 1.807) is 0 Å². The van der Waals surface area contributed by atoms with E-state index >= 15 is 0 Å². The van der Waals surface area contributed by atoms with Crippen molar-refractivity contribution in [1.82, 2.24) is 5.32 Å². The van der Waals surface area contributed by atoms with E-state index in [-0.39, 0.29) is 17.9 Å². The first-order valence-corrected chi connectivity index (χ1v) is 7.29. The number of rotatable bonds is 2. The summed E-state index contributed by atoms with van der Waals surface area (Å²) in [5.41, 5.74) is 3.77. The number of nitrogens with zero attached hydrogens (tertiary/aromatic N) is 1. The van der Waals surface area contributed by atoms with Crippen molar-refractivity contribution in [3.8, 4) is 0 Å². The molecule has 4 nitrogen and oxygen atoms in total. The van der Waals surface area contributed by atoms with E-state index in [2.05, 4.69) is 42.3 Å². The molecule has 0 radical (unpaired) electrons. The summed E-state index contributed by atoms with van der Waals surface area (Å²) in [6.07, 6.45) is 2.04. The number of anilines is 1. The van der Waals surface area contributed by atoms with Crippen LogP contribution < -0.4 is 10.2 Å². The van der Waals surface area contributed by atoms with Crippen LogP contribution in [0.25, 0.3) is 0 Å². The van der Waals surface area contributed by atoms with E-state index in [0.717, 1.165) is 13.0 Å². The molecule has 0 bridgehead atoms. The predicted molar refractivity (Wildman–Crippen MR) is 77.8 cm³/mol. The number of benzene rings is 1. The number of amides is 2. The van der Waals surface area contributed by atoms with Gasteiger partial charge in [0.1, 0.15) is 6.04 Å². The molecule has 3 rings (SSSR count). The van der Waals surface area contributed by atoms with Crippen molar-refractivity contribution in [2.45, 2.75) is 45.1 Å². The summed E-state index contributed by atoms with van der Waals surface area (Å²) in [7, 11) is 0. The average Bonchev–Trinajstić information content (AvgIpc) is 2.81. The van der Waals surface area contributed by atoms with Crippen LogP contribution >= 0.6 is 0 Å².